The molecule has 0 amide bonds. The number of aromatic nitrogens is 1. The molecule has 3 heteroatoms. The number of ether oxygens (including phenoxy) is 1. The molecule has 0 spiro atoms. The van der Waals surface area contributed by atoms with Crippen LogP contribution in [0.3, 0.4) is 0 Å². The molecule has 0 saturated heterocycles. The average molecular weight is 307 g/mol. The van der Waals surface area contributed by atoms with Crippen molar-refractivity contribution in [3.8, 4) is 17.7 Å². The molecule has 3 nitrogen and oxygen atoms in total. The molecule has 0 aliphatic carbocycles. The Morgan fingerprint density at radius 2 is 1.87 bits per heavy atom. The molecule has 0 N–H and O–H groups in total. The first-order valence-electron chi connectivity index (χ1n) is 7.67. The maximum atomic E-state index is 11.1. The van der Waals surface area contributed by atoms with Gasteiger partial charge >= 0.3 is 0 Å². The van der Waals surface area contributed by atoms with Gasteiger partial charge in [0.2, 0.25) is 5.88 Å². The Kier molecular flexibility index (Phi) is 5.94. The fraction of sp³-hybridized carbons (Fsp3) is 0.300. The van der Waals surface area contributed by atoms with Gasteiger partial charge in [-0.3, -0.25) is 0 Å². The Labute approximate surface area is 137 Å². The Hall–Kier alpha value is -2.60. The van der Waals surface area contributed by atoms with E-state index in [1.165, 1.54) is 5.56 Å². The van der Waals surface area contributed by atoms with Crippen molar-refractivity contribution in [1.82, 2.24) is 4.98 Å². The summed E-state index contributed by atoms with van der Waals surface area (Å²) in [6.45, 7) is 3.75. The fourth-order valence-corrected chi connectivity index (χ4v) is 2.43. The van der Waals surface area contributed by atoms with Crippen LogP contribution in [0.4, 0.5) is 0 Å². The van der Waals surface area contributed by atoms with Gasteiger partial charge in [0.25, 0.3) is 0 Å². The van der Waals surface area contributed by atoms with E-state index in [1.807, 2.05) is 24.3 Å². The summed E-state index contributed by atoms with van der Waals surface area (Å²) in [5, 5.41) is 0. The molecule has 0 aliphatic rings. The van der Waals surface area contributed by atoms with Crippen LogP contribution in [0.25, 0.3) is 0 Å². The molecule has 0 radical (unpaired) electrons. The summed E-state index contributed by atoms with van der Waals surface area (Å²) < 4.78 is 5.08. The Bertz CT molecular complexity index is 723. The summed E-state index contributed by atoms with van der Waals surface area (Å²) in [5.74, 6) is 7.42. The molecule has 2 rings (SSSR count). The highest BCUT2D eigenvalue weighted by molar-refractivity contribution is 5.75. The standard InChI is InChI=1S/C20H21NO2/c1-15(12-16(2)22)13-18-7-4-17(5-8-18)6-9-19-10-11-21-20(14-19)23-3/h4-5,7-8,10-11,14-15H,12-13H2,1-3H3. The van der Waals surface area contributed by atoms with Crippen molar-refractivity contribution in [3.63, 3.8) is 0 Å². The van der Waals surface area contributed by atoms with Crippen LogP contribution < -0.4 is 4.74 Å². The maximum absolute atomic E-state index is 11.1. The molecule has 1 atom stereocenters. The van der Waals surface area contributed by atoms with Gasteiger partial charge in [0.1, 0.15) is 5.78 Å². The zero-order chi connectivity index (χ0) is 16.7. The van der Waals surface area contributed by atoms with Crippen LogP contribution in [0.15, 0.2) is 42.6 Å². The first kappa shape index (κ1) is 16.8. The lowest BCUT2D eigenvalue weighted by molar-refractivity contribution is -0.117. The summed E-state index contributed by atoms with van der Waals surface area (Å²) in [6, 6.07) is 11.8. The van der Waals surface area contributed by atoms with Crippen LogP contribution in [0.2, 0.25) is 0 Å². The van der Waals surface area contributed by atoms with Crippen LogP contribution in [0.1, 0.15) is 37.0 Å². The predicted molar refractivity (Wildman–Crippen MR) is 91.4 cm³/mol. The summed E-state index contributed by atoms with van der Waals surface area (Å²) in [4.78, 5) is 15.2. The molecule has 0 aliphatic heterocycles. The summed E-state index contributed by atoms with van der Waals surface area (Å²) >= 11 is 0. The van der Waals surface area contributed by atoms with E-state index < -0.39 is 0 Å². The number of hydrogen-bond acceptors (Lipinski definition) is 3. The number of rotatable bonds is 5. The summed E-state index contributed by atoms with van der Waals surface area (Å²) in [5.41, 5.74) is 3.06. The minimum Gasteiger partial charge on any atom is -0.481 e. The van der Waals surface area contributed by atoms with Crippen LogP contribution in [-0.4, -0.2) is 17.9 Å². The lowest BCUT2D eigenvalue weighted by Gasteiger charge is -2.09. The van der Waals surface area contributed by atoms with E-state index in [4.69, 9.17) is 4.74 Å². The van der Waals surface area contributed by atoms with Gasteiger partial charge in [0, 0.05) is 29.8 Å². The van der Waals surface area contributed by atoms with E-state index in [0.29, 0.717) is 18.2 Å². The SMILES string of the molecule is COc1cc(C#Cc2ccc(CC(C)CC(C)=O)cc2)ccn1. The van der Waals surface area contributed by atoms with Crippen LogP contribution >= 0.6 is 0 Å². The number of ketones is 1. The lowest BCUT2D eigenvalue weighted by atomic mass is 9.96. The molecule has 0 bridgehead atoms. The zero-order valence-corrected chi connectivity index (χ0v) is 13.8. The number of carbonyl (C=O) groups is 1. The molecule has 1 aromatic carbocycles. The van der Waals surface area contributed by atoms with Crippen molar-refractivity contribution in [2.45, 2.75) is 26.7 Å². The molecule has 0 saturated carbocycles. The minimum atomic E-state index is 0.243. The molecule has 118 valence electrons. The molecule has 2 aromatic rings. The number of nitrogens with zero attached hydrogens (tertiary/aromatic N) is 1. The van der Waals surface area contributed by atoms with E-state index in [2.05, 4.69) is 35.9 Å². The monoisotopic (exact) mass is 307 g/mol. The molecular formula is C20H21NO2. The van der Waals surface area contributed by atoms with Crippen molar-refractivity contribution >= 4 is 5.78 Å². The molecule has 1 unspecified atom stereocenters. The van der Waals surface area contributed by atoms with E-state index in [1.54, 1.807) is 20.2 Å². The number of carbonyl (C=O) groups excluding carboxylic acids is 1. The van der Waals surface area contributed by atoms with Crippen LogP contribution in [0.5, 0.6) is 5.88 Å². The highest BCUT2D eigenvalue weighted by atomic mass is 16.5. The quantitative estimate of drug-likeness (QED) is 0.792. The normalized spacial score (nSPS) is 11.3. The Morgan fingerprint density at radius 3 is 2.52 bits per heavy atom. The lowest BCUT2D eigenvalue weighted by Crippen LogP contribution is -2.04. The van der Waals surface area contributed by atoms with Gasteiger partial charge in [-0.2, -0.15) is 0 Å². The van der Waals surface area contributed by atoms with Gasteiger partial charge < -0.3 is 9.53 Å². The van der Waals surface area contributed by atoms with Gasteiger partial charge in [-0.15, -0.1) is 0 Å². The van der Waals surface area contributed by atoms with Gasteiger partial charge in [0.15, 0.2) is 0 Å². The Morgan fingerprint density at radius 1 is 1.17 bits per heavy atom. The molecule has 0 fully saturated rings. The van der Waals surface area contributed by atoms with Gasteiger partial charge in [-0.1, -0.05) is 30.9 Å². The average Bonchev–Trinajstić information content (AvgIpc) is 2.53. The number of hydrogen-bond donors (Lipinski definition) is 0. The topological polar surface area (TPSA) is 39.2 Å². The number of benzene rings is 1. The third-order valence-corrected chi connectivity index (χ3v) is 3.47. The molecule has 1 heterocycles. The molecule has 23 heavy (non-hydrogen) atoms. The van der Waals surface area contributed by atoms with Crippen molar-refractivity contribution in [2.75, 3.05) is 7.11 Å². The second-order valence-electron chi connectivity index (χ2n) is 5.75. The Balaban J connectivity index is 2.03. The third-order valence-electron chi connectivity index (χ3n) is 3.47. The summed E-state index contributed by atoms with van der Waals surface area (Å²) in [6.07, 6.45) is 3.22. The highest BCUT2D eigenvalue weighted by Crippen LogP contribution is 2.13. The third kappa shape index (κ3) is 5.60. The van der Waals surface area contributed by atoms with E-state index >= 15 is 0 Å². The second-order valence-corrected chi connectivity index (χ2v) is 5.75. The first-order chi connectivity index (χ1) is 11.1. The zero-order valence-electron chi connectivity index (χ0n) is 13.8. The van der Waals surface area contributed by atoms with E-state index in [0.717, 1.165) is 17.5 Å². The van der Waals surface area contributed by atoms with Crippen molar-refractivity contribution < 1.29 is 9.53 Å². The van der Waals surface area contributed by atoms with Crippen molar-refractivity contribution in [2.24, 2.45) is 5.92 Å². The van der Waals surface area contributed by atoms with E-state index in [9.17, 15) is 4.79 Å². The van der Waals surface area contributed by atoms with Gasteiger partial charge in [0.05, 0.1) is 7.11 Å². The van der Waals surface area contributed by atoms with Gasteiger partial charge in [-0.25, -0.2) is 4.98 Å². The second kappa shape index (κ2) is 8.14. The largest absolute Gasteiger partial charge is 0.481 e. The predicted octanol–water partition coefficient (Wildman–Crippen LogP) is 3.65. The fourth-order valence-electron chi connectivity index (χ4n) is 2.43. The van der Waals surface area contributed by atoms with Crippen molar-refractivity contribution in [3.05, 3.63) is 59.3 Å². The summed E-state index contributed by atoms with van der Waals surface area (Å²) in [7, 11) is 1.59. The maximum Gasteiger partial charge on any atom is 0.214 e. The number of methoxy groups -OCH3 is 1. The minimum absolute atomic E-state index is 0.243. The molecular weight excluding hydrogens is 286 g/mol. The van der Waals surface area contributed by atoms with Gasteiger partial charge in [-0.05, 0) is 43.0 Å². The number of Topliss-reactive ketones (excluding diaryl/α,β-unsaturated/α-hetero) is 1. The molecule has 1 aromatic heterocycles. The van der Waals surface area contributed by atoms with Crippen LogP contribution in [0, 0.1) is 17.8 Å². The smallest absolute Gasteiger partial charge is 0.214 e. The highest BCUT2D eigenvalue weighted by Gasteiger charge is 2.06. The van der Waals surface area contributed by atoms with Crippen LogP contribution in [-0.2, 0) is 11.2 Å². The van der Waals surface area contributed by atoms with Crippen molar-refractivity contribution in [1.29, 1.82) is 0 Å². The number of pyridine rings is 1. The first-order valence-corrected chi connectivity index (χ1v) is 7.67. The van der Waals surface area contributed by atoms with E-state index in [-0.39, 0.29) is 5.78 Å².